The first-order chi connectivity index (χ1) is 16.6. The molecule has 0 unspecified atom stereocenters. The van der Waals surface area contributed by atoms with Gasteiger partial charge in [-0.2, -0.15) is 0 Å². The van der Waals surface area contributed by atoms with Crippen LogP contribution < -0.4 is 19.6 Å². The van der Waals surface area contributed by atoms with Crippen molar-refractivity contribution in [3.8, 4) is 28.6 Å². The van der Waals surface area contributed by atoms with Crippen LogP contribution in [0.2, 0.25) is 0 Å². The van der Waals surface area contributed by atoms with Gasteiger partial charge >= 0.3 is 0 Å². The van der Waals surface area contributed by atoms with E-state index in [1.807, 2.05) is 49.4 Å². The molecule has 0 spiro atoms. The minimum atomic E-state index is -0.216. The Morgan fingerprint density at radius 1 is 0.794 bits per heavy atom. The summed E-state index contributed by atoms with van der Waals surface area (Å²) >= 11 is 0. The summed E-state index contributed by atoms with van der Waals surface area (Å²) in [6.45, 7) is 2.18. The van der Waals surface area contributed by atoms with Crippen LogP contribution in [0.4, 0.5) is 0 Å². The van der Waals surface area contributed by atoms with Gasteiger partial charge in [-0.25, -0.2) is 0 Å². The smallest absolute Gasteiger partial charge is 0.235 e. The van der Waals surface area contributed by atoms with Gasteiger partial charge in [0.1, 0.15) is 12.2 Å². The van der Waals surface area contributed by atoms with Crippen molar-refractivity contribution >= 4 is 21.7 Å². The van der Waals surface area contributed by atoms with Gasteiger partial charge in [0, 0.05) is 5.56 Å². The number of hydrogen-bond acceptors (Lipinski definition) is 5. The van der Waals surface area contributed by atoms with E-state index in [0.29, 0.717) is 33.8 Å². The molecular formula is C29H24O5. The molecule has 5 aromatic rings. The zero-order valence-electron chi connectivity index (χ0n) is 19.3. The maximum Gasteiger partial charge on any atom is 0.235 e. The van der Waals surface area contributed by atoms with Crippen molar-refractivity contribution in [3.05, 3.63) is 100 Å². The number of methoxy groups -OCH3 is 2. The average molecular weight is 453 g/mol. The van der Waals surface area contributed by atoms with Crippen LogP contribution in [0.5, 0.6) is 17.2 Å². The topological polar surface area (TPSA) is 57.9 Å². The van der Waals surface area contributed by atoms with E-state index in [1.165, 1.54) is 0 Å². The molecule has 0 N–H and O–H groups in total. The Morgan fingerprint density at radius 3 is 2.41 bits per heavy atom. The van der Waals surface area contributed by atoms with Gasteiger partial charge in [0.15, 0.2) is 17.3 Å². The molecule has 0 amide bonds. The normalized spacial score (nSPS) is 11.0. The lowest BCUT2D eigenvalue weighted by Crippen LogP contribution is -2.10. The third kappa shape index (κ3) is 3.86. The highest BCUT2D eigenvalue weighted by atomic mass is 16.5. The van der Waals surface area contributed by atoms with Crippen LogP contribution in [0.3, 0.4) is 0 Å². The van der Waals surface area contributed by atoms with E-state index < -0.39 is 0 Å². The zero-order chi connectivity index (χ0) is 23.7. The monoisotopic (exact) mass is 452 g/mol. The van der Waals surface area contributed by atoms with Crippen molar-refractivity contribution in [3.63, 3.8) is 0 Å². The van der Waals surface area contributed by atoms with E-state index >= 15 is 0 Å². The fourth-order valence-electron chi connectivity index (χ4n) is 4.15. The third-order valence-corrected chi connectivity index (χ3v) is 5.90. The summed E-state index contributed by atoms with van der Waals surface area (Å²) in [4.78, 5) is 13.6. The molecule has 0 aliphatic rings. The molecule has 34 heavy (non-hydrogen) atoms. The largest absolute Gasteiger partial charge is 0.493 e. The number of aryl methyl sites for hydroxylation is 1. The Kier molecular flexibility index (Phi) is 5.68. The van der Waals surface area contributed by atoms with Crippen LogP contribution in [0.1, 0.15) is 11.1 Å². The Bertz CT molecular complexity index is 1560. The van der Waals surface area contributed by atoms with Crippen LogP contribution in [0.15, 0.2) is 88.1 Å². The fourth-order valence-corrected chi connectivity index (χ4v) is 4.15. The summed E-state index contributed by atoms with van der Waals surface area (Å²) in [5.41, 5.74) is 2.93. The Morgan fingerprint density at radius 2 is 1.59 bits per heavy atom. The van der Waals surface area contributed by atoms with Gasteiger partial charge in [-0.3, -0.25) is 4.79 Å². The van der Waals surface area contributed by atoms with Gasteiger partial charge in [-0.1, -0.05) is 48.5 Å². The summed E-state index contributed by atoms with van der Waals surface area (Å²) < 4.78 is 23.3. The highest BCUT2D eigenvalue weighted by Gasteiger charge is 2.20. The molecule has 0 bridgehead atoms. The molecule has 0 radical (unpaired) electrons. The zero-order valence-corrected chi connectivity index (χ0v) is 19.3. The molecule has 170 valence electrons. The molecule has 0 fully saturated rings. The predicted molar refractivity (Wildman–Crippen MR) is 134 cm³/mol. The molecule has 4 aromatic carbocycles. The van der Waals surface area contributed by atoms with Crippen LogP contribution in [0, 0.1) is 6.92 Å². The highest BCUT2D eigenvalue weighted by molar-refractivity contribution is 5.86. The summed E-state index contributed by atoms with van der Waals surface area (Å²) in [6, 6.07) is 25.1. The molecule has 0 saturated heterocycles. The van der Waals surface area contributed by atoms with E-state index in [0.717, 1.165) is 21.9 Å². The molecule has 1 heterocycles. The molecule has 0 saturated carbocycles. The van der Waals surface area contributed by atoms with Gasteiger partial charge < -0.3 is 18.6 Å². The van der Waals surface area contributed by atoms with Crippen molar-refractivity contribution in [2.45, 2.75) is 13.5 Å². The first kappa shape index (κ1) is 21.6. The number of benzene rings is 4. The predicted octanol–water partition coefficient (Wildman–Crippen LogP) is 6.52. The van der Waals surface area contributed by atoms with E-state index in [2.05, 4.69) is 18.2 Å². The van der Waals surface area contributed by atoms with E-state index in [4.69, 9.17) is 18.6 Å². The lowest BCUT2D eigenvalue weighted by molar-refractivity contribution is 0.299. The van der Waals surface area contributed by atoms with E-state index in [9.17, 15) is 4.79 Å². The second kappa shape index (κ2) is 8.94. The Labute approximate surface area is 197 Å². The SMILES string of the molecule is COc1ccc(-c2oc3cc(C)ccc3c(=O)c2OCc2cccc3ccccc23)cc1OC. The average Bonchev–Trinajstić information content (AvgIpc) is 2.87. The first-order valence-corrected chi connectivity index (χ1v) is 11.0. The molecule has 5 nitrogen and oxygen atoms in total. The summed E-state index contributed by atoms with van der Waals surface area (Å²) in [5, 5.41) is 2.67. The fraction of sp³-hybridized carbons (Fsp3) is 0.138. The first-order valence-electron chi connectivity index (χ1n) is 11.0. The lowest BCUT2D eigenvalue weighted by Gasteiger charge is -2.14. The maximum absolute atomic E-state index is 13.6. The molecular weight excluding hydrogens is 428 g/mol. The van der Waals surface area contributed by atoms with Crippen LogP contribution in [-0.4, -0.2) is 14.2 Å². The van der Waals surface area contributed by atoms with E-state index in [1.54, 1.807) is 32.4 Å². The third-order valence-electron chi connectivity index (χ3n) is 5.90. The number of hydrogen-bond donors (Lipinski definition) is 0. The quantitative estimate of drug-likeness (QED) is 0.294. The molecule has 0 aliphatic carbocycles. The number of ether oxygens (including phenoxy) is 3. The van der Waals surface area contributed by atoms with E-state index in [-0.39, 0.29) is 17.8 Å². The van der Waals surface area contributed by atoms with Crippen LogP contribution in [0.25, 0.3) is 33.1 Å². The second-order valence-electron chi connectivity index (χ2n) is 8.09. The summed E-state index contributed by atoms with van der Waals surface area (Å²) in [7, 11) is 3.15. The number of rotatable bonds is 6. The van der Waals surface area contributed by atoms with Crippen molar-refractivity contribution < 1.29 is 18.6 Å². The standard InChI is InChI=1S/C29H24O5/c1-18-11-13-23-25(15-18)34-28(20-12-14-24(31-2)26(16-20)32-3)29(27(23)30)33-17-21-9-6-8-19-7-4-5-10-22(19)21/h4-16H,17H2,1-3H3. The van der Waals surface area contributed by atoms with Crippen LogP contribution >= 0.6 is 0 Å². The molecule has 5 rings (SSSR count). The minimum absolute atomic E-state index is 0.163. The Hall–Kier alpha value is -4.25. The van der Waals surface area contributed by atoms with Gasteiger partial charge in [0.05, 0.1) is 19.6 Å². The maximum atomic E-state index is 13.6. The molecule has 1 aromatic heterocycles. The molecule has 5 heteroatoms. The van der Waals surface area contributed by atoms with Crippen molar-refractivity contribution in [2.24, 2.45) is 0 Å². The highest BCUT2D eigenvalue weighted by Crippen LogP contribution is 2.37. The van der Waals surface area contributed by atoms with Gasteiger partial charge in [0.25, 0.3) is 0 Å². The number of fused-ring (bicyclic) bond motifs is 2. The second-order valence-corrected chi connectivity index (χ2v) is 8.09. The van der Waals surface area contributed by atoms with Gasteiger partial charge in [-0.05, 0) is 59.2 Å². The van der Waals surface area contributed by atoms with Crippen molar-refractivity contribution in [1.82, 2.24) is 0 Å². The lowest BCUT2D eigenvalue weighted by atomic mass is 10.1. The minimum Gasteiger partial charge on any atom is -0.493 e. The van der Waals surface area contributed by atoms with Crippen LogP contribution in [-0.2, 0) is 6.61 Å². The van der Waals surface area contributed by atoms with Crippen molar-refractivity contribution in [1.29, 1.82) is 0 Å². The van der Waals surface area contributed by atoms with Crippen molar-refractivity contribution in [2.75, 3.05) is 14.2 Å². The Balaban J connectivity index is 1.66. The summed E-state index contributed by atoms with van der Waals surface area (Å²) in [6.07, 6.45) is 0. The molecule has 0 atom stereocenters. The molecule has 0 aliphatic heterocycles. The summed E-state index contributed by atoms with van der Waals surface area (Å²) in [5.74, 6) is 1.64. The van der Waals surface area contributed by atoms with Gasteiger partial charge in [0.2, 0.25) is 11.2 Å². The van der Waals surface area contributed by atoms with Gasteiger partial charge in [-0.15, -0.1) is 0 Å².